The summed E-state index contributed by atoms with van der Waals surface area (Å²) in [5.41, 5.74) is 0.388. The first-order valence-corrected chi connectivity index (χ1v) is 6.36. The maximum atomic E-state index is 11.0. The Hall–Kier alpha value is -1.12. The number of carbonyl (C=O) groups is 1. The fourth-order valence-corrected chi connectivity index (χ4v) is 2.10. The summed E-state index contributed by atoms with van der Waals surface area (Å²) in [4.78, 5) is 10.9. The molecular weight excluding hydrogens is 300 g/mol. The predicted octanol–water partition coefficient (Wildman–Crippen LogP) is 1.27. The van der Waals surface area contributed by atoms with Crippen LogP contribution in [0.15, 0.2) is 27.6 Å². The summed E-state index contributed by atoms with van der Waals surface area (Å²) >= 11 is 3.11. The molecule has 0 bridgehead atoms. The molecule has 1 rings (SSSR count). The van der Waals surface area contributed by atoms with Crippen molar-refractivity contribution in [3.63, 3.8) is 0 Å². The van der Waals surface area contributed by atoms with E-state index in [2.05, 4.69) is 26.0 Å². The quantitative estimate of drug-likeness (QED) is 0.859. The van der Waals surface area contributed by atoms with Crippen molar-refractivity contribution in [2.75, 3.05) is 12.4 Å². The summed E-state index contributed by atoms with van der Waals surface area (Å²) in [7, 11) is -2.53. The van der Waals surface area contributed by atoms with Gasteiger partial charge in [-0.15, -0.1) is 0 Å². The number of primary sulfonamides is 1. The molecule has 0 aromatic heterocycles. The van der Waals surface area contributed by atoms with E-state index in [9.17, 15) is 13.2 Å². The standard InChI is InChI=1S/C8H9BrN2O4S/c1-15-8(12)11-7-3-2-5(4-6(7)9)16(10,13)14/h2-4H,1H3,(H,11,12)(H2,10,13,14). The van der Waals surface area contributed by atoms with Crippen molar-refractivity contribution < 1.29 is 17.9 Å². The average Bonchev–Trinajstić information content (AvgIpc) is 2.19. The lowest BCUT2D eigenvalue weighted by atomic mass is 10.3. The number of nitrogens with one attached hydrogen (secondary N) is 1. The summed E-state index contributed by atoms with van der Waals surface area (Å²) in [6.07, 6.45) is -0.649. The van der Waals surface area contributed by atoms with Gasteiger partial charge in [-0.3, -0.25) is 5.32 Å². The Bertz CT molecular complexity index is 515. The van der Waals surface area contributed by atoms with Crippen LogP contribution < -0.4 is 10.5 Å². The molecule has 16 heavy (non-hydrogen) atoms. The highest BCUT2D eigenvalue weighted by Gasteiger charge is 2.11. The third-order valence-electron chi connectivity index (χ3n) is 1.69. The third kappa shape index (κ3) is 3.19. The fourth-order valence-electron chi connectivity index (χ4n) is 0.935. The Morgan fingerprint density at radius 3 is 2.56 bits per heavy atom. The number of methoxy groups -OCH3 is 1. The number of carbonyl (C=O) groups excluding carboxylic acids is 1. The van der Waals surface area contributed by atoms with Crippen LogP contribution in [0, 0.1) is 0 Å². The molecule has 0 heterocycles. The van der Waals surface area contributed by atoms with E-state index < -0.39 is 16.1 Å². The second kappa shape index (κ2) is 4.81. The minimum Gasteiger partial charge on any atom is -0.453 e. The number of benzene rings is 1. The minimum absolute atomic E-state index is 0.0465. The largest absolute Gasteiger partial charge is 0.453 e. The molecule has 0 atom stereocenters. The van der Waals surface area contributed by atoms with Crippen LogP contribution in [0.1, 0.15) is 0 Å². The van der Waals surface area contributed by atoms with Crippen LogP contribution in [0.3, 0.4) is 0 Å². The molecule has 1 amide bonds. The van der Waals surface area contributed by atoms with Crippen molar-refractivity contribution in [2.45, 2.75) is 4.90 Å². The van der Waals surface area contributed by atoms with Gasteiger partial charge in [-0.25, -0.2) is 18.4 Å². The van der Waals surface area contributed by atoms with E-state index in [0.717, 1.165) is 0 Å². The molecular formula is C8H9BrN2O4S. The number of sulfonamides is 1. The Morgan fingerprint density at radius 1 is 1.50 bits per heavy atom. The van der Waals surface area contributed by atoms with Gasteiger partial charge in [-0.1, -0.05) is 0 Å². The van der Waals surface area contributed by atoms with Gasteiger partial charge >= 0.3 is 6.09 Å². The van der Waals surface area contributed by atoms with E-state index in [4.69, 9.17) is 5.14 Å². The zero-order valence-corrected chi connectivity index (χ0v) is 10.6. The van der Waals surface area contributed by atoms with Gasteiger partial charge in [0.1, 0.15) is 0 Å². The second-order valence-corrected chi connectivity index (χ2v) is 5.22. The maximum Gasteiger partial charge on any atom is 0.411 e. The van der Waals surface area contributed by atoms with Crippen LogP contribution in [-0.4, -0.2) is 21.6 Å². The van der Waals surface area contributed by atoms with Crippen molar-refractivity contribution in [2.24, 2.45) is 5.14 Å². The van der Waals surface area contributed by atoms with Gasteiger partial charge < -0.3 is 4.74 Å². The number of rotatable bonds is 2. The SMILES string of the molecule is COC(=O)Nc1ccc(S(N)(=O)=O)cc1Br. The Morgan fingerprint density at radius 2 is 2.12 bits per heavy atom. The molecule has 8 heteroatoms. The van der Waals surface area contributed by atoms with Crippen LogP contribution in [0.4, 0.5) is 10.5 Å². The highest BCUT2D eigenvalue weighted by atomic mass is 79.9. The van der Waals surface area contributed by atoms with Crippen molar-refractivity contribution >= 4 is 37.7 Å². The van der Waals surface area contributed by atoms with Crippen LogP contribution in [0.2, 0.25) is 0 Å². The average molecular weight is 309 g/mol. The van der Waals surface area contributed by atoms with Gasteiger partial charge in [0.25, 0.3) is 0 Å². The lowest BCUT2D eigenvalue weighted by Crippen LogP contribution is -2.14. The van der Waals surface area contributed by atoms with E-state index in [1.54, 1.807) is 0 Å². The second-order valence-electron chi connectivity index (χ2n) is 2.80. The van der Waals surface area contributed by atoms with Crippen LogP contribution in [0.5, 0.6) is 0 Å². The van der Waals surface area contributed by atoms with Gasteiger partial charge in [0.05, 0.1) is 17.7 Å². The Labute approximate surface area is 101 Å². The molecule has 1 aromatic rings. The fraction of sp³-hybridized carbons (Fsp3) is 0.125. The Balaban J connectivity index is 3.06. The molecule has 0 saturated heterocycles. The first-order chi connectivity index (χ1) is 7.34. The highest BCUT2D eigenvalue weighted by Crippen LogP contribution is 2.25. The number of anilines is 1. The number of ether oxygens (including phenoxy) is 1. The summed E-state index contributed by atoms with van der Waals surface area (Å²) in [5.74, 6) is 0. The minimum atomic E-state index is -3.75. The van der Waals surface area contributed by atoms with Gasteiger partial charge in [-0.2, -0.15) is 0 Å². The highest BCUT2D eigenvalue weighted by molar-refractivity contribution is 9.10. The monoisotopic (exact) mass is 308 g/mol. The molecule has 0 fully saturated rings. The Kier molecular flexibility index (Phi) is 3.89. The molecule has 0 saturated carbocycles. The van der Waals surface area contributed by atoms with Gasteiger partial charge in [0.2, 0.25) is 10.0 Å². The lowest BCUT2D eigenvalue weighted by Gasteiger charge is -2.07. The molecule has 0 aliphatic rings. The number of nitrogens with two attached hydrogens (primary N) is 1. The number of hydrogen-bond donors (Lipinski definition) is 2. The van der Waals surface area contributed by atoms with Crippen LogP contribution in [-0.2, 0) is 14.8 Å². The van der Waals surface area contributed by atoms with E-state index in [1.165, 1.54) is 25.3 Å². The first kappa shape index (κ1) is 12.9. The van der Waals surface area contributed by atoms with Crippen molar-refractivity contribution in [3.8, 4) is 0 Å². The molecule has 0 spiro atoms. The summed E-state index contributed by atoms with van der Waals surface area (Å²) in [6.45, 7) is 0. The lowest BCUT2D eigenvalue weighted by molar-refractivity contribution is 0.187. The zero-order chi connectivity index (χ0) is 12.3. The maximum absolute atomic E-state index is 11.0. The van der Waals surface area contributed by atoms with Crippen molar-refractivity contribution in [1.29, 1.82) is 0 Å². The molecule has 0 aliphatic heterocycles. The van der Waals surface area contributed by atoms with Gasteiger partial charge in [0.15, 0.2) is 0 Å². The van der Waals surface area contributed by atoms with Crippen LogP contribution >= 0.6 is 15.9 Å². The number of amides is 1. The summed E-state index contributed by atoms with van der Waals surface area (Å²) < 4.78 is 26.8. The van der Waals surface area contributed by atoms with E-state index in [1.807, 2.05) is 0 Å². The number of hydrogen-bond acceptors (Lipinski definition) is 4. The molecule has 0 unspecified atom stereocenters. The van der Waals surface area contributed by atoms with Crippen molar-refractivity contribution in [1.82, 2.24) is 0 Å². The van der Waals surface area contributed by atoms with Gasteiger partial charge in [0, 0.05) is 4.47 Å². The van der Waals surface area contributed by atoms with E-state index in [-0.39, 0.29) is 4.90 Å². The normalized spacial score (nSPS) is 10.9. The smallest absolute Gasteiger partial charge is 0.411 e. The third-order valence-corrected chi connectivity index (χ3v) is 3.26. The summed E-state index contributed by atoms with van der Waals surface area (Å²) in [5, 5.41) is 7.34. The van der Waals surface area contributed by atoms with E-state index in [0.29, 0.717) is 10.2 Å². The first-order valence-electron chi connectivity index (χ1n) is 4.02. The molecule has 0 radical (unpaired) electrons. The number of halogens is 1. The van der Waals surface area contributed by atoms with Crippen LogP contribution in [0.25, 0.3) is 0 Å². The molecule has 3 N–H and O–H groups in total. The zero-order valence-electron chi connectivity index (χ0n) is 8.23. The topological polar surface area (TPSA) is 98.5 Å². The predicted molar refractivity (Wildman–Crippen MR) is 61.5 cm³/mol. The molecule has 88 valence electrons. The van der Waals surface area contributed by atoms with Gasteiger partial charge in [-0.05, 0) is 34.1 Å². The molecule has 0 aliphatic carbocycles. The molecule has 6 nitrogen and oxygen atoms in total. The van der Waals surface area contributed by atoms with E-state index >= 15 is 0 Å². The summed E-state index contributed by atoms with van der Waals surface area (Å²) in [6, 6.07) is 3.98. The molecule has 1 aromatic carbocycles. The van der Waals surface area contributed by atoms with Crippen molar-refractivity contribution in [3.05, 3.63) is 22.7 Å².